The molecule has 1 aromatic heterocycles. The Kier molecular flexibility index (Phi) is 3.98. The van der Waals surface area contributed by atoms with Crippen LogP contribution in [0.25, 0.3) is 11.3 Å². The standard InChI is InChI=1S/C19H18N2O2/c1-13(15-9-5-3-6-10-15)21-14(2)20-17(19(22)23)18(21)16-11-7-4-8-12-16/h3-13H,1-2H3,(H,22,23)/t13-/m0/s1. The van der Waals surface area contributed by atoms with Crippen LogP contribution in [0, 0.1) is 6.92 Å². The first kappa shape index (κ1) is 15.0. The van der Waals surface area contributed by atoms with Gasteiger partial charge in [0.1, 0.15) is 5.82 Å². The SMILES string of the molecule is Cc1nc(C(=O)O)c(-c2ccccc2)n1[C@@H](C)c1ccccc1. The fourth-order valence-electron chi connectivity index (χ4n) is 2.92. The molecule has 1 atom stereocenters. The van der Waals surface area contributed by atoms with Gasteiger partial charge in [-0.2, -0.15) is 0 Å². The van der Waals surface area contributed by atoms with Gasteiger partial charge in [0.15, 0.2) is 5.69 Å². The number of carboxylic acids is 1. The quantitative estimate of drug-likeness (QED) is 0.787. The Bertz CT molecular complexity index is 823. The second kappa shape index (κ2) is 6.08. The molecule has 2 aromatic carbocycles. The van der Waals surface area contributed by atoms with Gasteiger partial charge in [0.25, 0.3) is 0 Å². The van der Waals surface area contributed by atoms with Crippen LogP contribution < -0.4 is 0 Å². The number of aryl methyl sites for hydroxylation is 1. The molecule has 0 amide bonds. The van der Waals surface area contributed by atoms with Crippen LogP contribution in [0.2, 0.25) is 0 Å². The summed E-state index contributed by atoms with van der Waals surface area (Å²) in [6.45, 7) is 3.90. The van der Waals surface area contributed by atoms with E-state index in [0.29, 0.717) is 11.5 Å². The molecule has 0 bridgehead atoms. The van der Waals surface area contributed by atoms with Crippen molar-refractivity contribution in [2.75, 3.05) is 0 Å². The summed E-state index contributed by atoms with van der Waals surface area (Å²) in [4.78, 5) is 15.9. The number of hydrogen-bond acceptors (Lipinski definition) is 2. The molecule has 0 fully saturated rings. The minimum absolute atomic E-state index is 0.00740. The van der Waals surface area contributed by atoms with E-state index in [4.69, 9.17) is 0 Å². The first-order chi connectivity index (χ1) is 11.1. The van der Waals surface area contributed by atoms with E-state index in [9.17, 15) is 9.90 Å². The lowest BCUT2D eigenvalue weighted by Gasteiger charge is -2.19. The van der Waals surface area contributed by atoms with Crippen molar-refractivity contribution in [3.63, 3.8) is 0 Å². The molecule has 3 rings (SSSR count). The smallest absolute Gasteiger partial charge is 0.356 e. The first-order valence-electron chi connectivity index (χ1n) is 7.52. The Balaban J connectivity index is 2.23. The van der Waals surface area contributed by atoms with Crippen LogP contribution in [0.5, 0.6) is 0 Å². The zero-order valence-corrected chi connectivity index (χ0v) is 13.1. The summed E-state index contributed by atoms with van der Waals surface area (Å²) in [5.41, 5.74) is 2.71. The largest absolute Gasteiger partial charge is 0.476 e. The summed E-state index contributed by atoms with van der Waals surface area (Å²) < 4.78 is 1.99. The van der Waals surface area contributed by atoms with Gasteiger partial charge >= 0.3 is 5.97 Å². The first-order valence-corrected chi connectivity index (χ1v) is 7.52. The van der Waals surface area contributed by atoms with Crippen LogP contribution in [-0.4, -0.2) is 20.6 Å². The van der Waals surface area contributed by atoms with Gasteiger partial charge in [-0.05, 0) is 19.4 Å². The highest BCUT2D eigenvalue weighted by Crippen LogP contribution is 2.31. The topological polar surface area (TPSA) is 55.1 Å². The van der Waals surface area contributed by atoms with Crippen LogP contribution in [0.15, 0.2) is 60.7 Å². The minimum atomic E-state index is -1.01. The predicted molar refractivity (Wildman–Crippen MR) is 89.6 cm³/mol. The van der Waals surface area contributed by atoms with Crippen molar-refractivity contribution < 1.29 is 9.90 Å². The van der Waals surface area contributed by atoms with Gasteiger partial charge < -0.3 is 9.67 Å². The van der Waals surface area contributed by atoms with E-state index < -0.39 is 5.97 Å². The zero-order valence-electron chi connectivity index (χ0n) is 13.1. The van der Waals surface area contributed by atoms with Crippen LogP contribution in [0.3, 0.4) is 0 Å². The molecule has 0 spiro atoms. The lowest BCUT2D eigenvalue weighted by molar-refractivity contribution is 0.0691. The van der Waals surface area contributed by atoms with Crippen molar-refractivity contribution in [2.45, 2.75) is 19.9 Å². The number of imidazole rings is 1. The van der Waals surface area contributed by atoms with Crippen molar-refractivity contribution in [3.8, 4) is 11.3 Å². The molecule has 0 aliphatic carbocycles. The number of rotatable bonds is 4. The maximum Gasteiger partial charge on any atom is 0.356 e. The van der Waals surface area contributed by atoms with Gasteiger partial charge in [-0.25, -0.2) is 9.78 Å². The Morgan fingerprint density at radius 3 is 2.17 bits per heavy atom. The normalized spacial score (nSPS) is 12.1. The summed E-state index contributed by atoms with van der Waals surface area (Å²) >= 11 is 0. The van der Waals surface area contributed by atoms with Crippen LogP contribution >= 0.6 is 0 Å². The third-order valence-electron chi connectivity index (χ3n) is 4.01. The molecule has 0 aliphatic heterocycles. The maximum atomic E-state index is 11.6. The summed E-state index contributed by atoms with van der Waals surface area (Å²) in [6.07, 6.45) is 0. The molecule has 1 heterocycles. The third-order valence-corrected chi connectivity index (χ3v) is 4.01. The highest BCUT2D eigenvalue weighted by molar-refractivity contribution is 5.93. The zero-order chi connectivity index (χ0) is 16.4. The van der Waals surface area contributed by atoms with Crippen molar-refractivity contribution in [1.82, 2.24) is 9.55 Å². The fourth-order valence-corrected chi connectivity index (χ4v) is 2.92. The molecule has 0 aliphatic rings. The van der Waals surface area contributed by atoms with E-state index in [0.717, 1.165) is 11.1 Å². The summed E-state index contributed by atoms with van der Waals surface area (Å²) in [5, 5.41) is 9.54. The molecule has 4 heteroatoms. The average Bonchev–Trinajstić information content (AvgIpc) is 2.93. The van der Waals surface area contributed by atoms with Crippen molar-refractivity contribution >= 4 is 5.97 Å². The van der Waals surface area contributed by atoms with E-state index in [1.54, 1.807) is 0 Å². The van der Waals surface area contributed by atoms with Crippen molar-refractivity contribution in [3.05, 3.63) is 77.7 Å². The lowest BCUT2D eigenvalue weighted by atomic mass is 10.1. The molecule has 116 valence electrons. The van der Waals surface area contributed by atoms with Crippen molar-refractivity contribution in [2.24, 2.45) is 0 Å². The summed E-state index contributed by atoms with van der Waals surface area (Å²) in [6, 6.07) is 19.6. The highest BCUT2D eigenvalue weighted by Gasteiger charge is 2.24. The summed E-state index contributed by atoms with van der Waals surface area (Å²) in [5.74, 6) is -0.316. The second-order valence-corrected chi connectivity index (χ2v) is 5.48. The number of hydrogen-bond donors (Lipinski definition) is 1. The molecule has 3 aromatic rings. The van der Waals surface area contributed by atoms with Gasteiger partial charge in [0.2, 0.25) is 0 Å². The number of aromatic carboxylic acids is 1. The van der Waals surface area contributed by atoms with Gasteiger partial charge in [0, 0.05) is 5.56 Å². The third kappa shape index (κ3) is 2.75. The summed E-state index contributed by atoms with van der Waals surface area (Å²) in [7, 11) is 0. The minimum Gasteiger partial charge on any atom is -0.476 e. The Labute approximate surface area is 135 Å². The number of benzene rings is 2. The molecular weight excluding hydrogens is 288 g/mol. The van der Waals surface area contributed by atoms with Crippen LogP contribution in [-0.2, 0) is 0 Å². The number of carboxylic acid groups (broad SMARTS) is 1. The van der Waals surface area contributed by atoms with E-state index >= 15 is 0 Å². The Morgan fingerprint density at radius 2 is 1.61 bits per heavy atom. The average molecular weight is 306 g/mol. The maximum absolute atomic E-state index is 11.6. The Morgan fingerprint density at radius 1 is 1.04 bits per heavy atom. The fraction of sp³-hybridized carbons (Fsp3) is 0.158. The molecule has 4 nitrogen and oxygen atoms in total. The van der Waals surface area contributed by atoms with Gasteiger partial charge in [-0.3, -0.25) is 0 Å². The number of nitrogens with zero attached hydrogens (tertiary/aromatic N) is 2. The van der Waals surface area contributed by atoms with E-state index in [1.165, 1.54) is 0 Å². The van der Waals surface area contributed by atoms with Gasteiger partial charge in [-0.1, -0.05) is 60.7 Å². The number of aromatic nitrogens is 2. The molecule has 0 radical (unpaired) electrons. The monoisotopic (exact) mass is 306 g/mol. The molecule has 0 saturated carbocycles. The predicted octanol–water partition coefficient (Wildman–Crippen LogP) is 4.17. The van der Waals surface area contributed by atoms with Gasteiger partial charge in [-0.15, -0.1) is 0 Å². The molecule has 0 unspecified atom stereocenters. The molecular formula is C19H18N2O2. The lowest BCUT2D eigenvalue weighted by Crippen LogP contribution is -2.11. The van der Waals surface area contributed by atoms with Crippen LogP contribution in [0.4, 0.5) is 0 Å². The van der Waals surface area contributed by atoms with Gasteiger partial charge in [0.05, 0.1) is 11.7 Å². The second-order valence-electron chi connectivity index (χ2n) is 5.48. The Hall–Kier alpha value is -2.88. The molecule has 23 heavy (non-hydrogen) atoms. The number of carbonyl (C=O) groups is 1. The van der Waals surface area contributed by atoms with E-state index in [-0.39, 0.29) is 11.7 Å². The van der Waals surface area contributed by atoms with E-state index in [1.807, 2.05) is 72.2 Å². The van der Waals surface area contributed by atoms with Crippen molar-refractivity contribution in [1.29, 1.82) is 0 Å². The molecule has 0 saturated heterocycles. The van der Waals surface area contributed by atoms with E-state index in [2.05, 4.69) is 11.9 Å². The van der Waals surface area contributed by atoms with Crippen LogP contribution in [0.1, 0.15) is 34.8 Å². The highest BCUT2D eigenvalue weighted by atomic mass is 16.4. The molecule has 1 N–H and O–H groups in total.